The quantitative estimate of drug-likeness (QED) is 0.622. The molecule has 2 aromatic rings. The average Bonchev–Trinajstić information content (AvgIpc) is 2.41. The van der Waals surface area contributed by atoms with Crippen LogP contribution in [0, 0.1) is 0 Å². The second-order valence-electron chi connectivity index (χ2n) is 5.15. The number of alkyl halides is 6. The van der Waals surface area contributed by atoms with E-state index in [0.717, 1.165) is 5.39 Å². The molecule has 0 aliphatic heterocycles. The molecule has 0 N–H and O–H groups in total. The van der Waals surface area contributed by atoms with Crippen LogP contribution in [0.4, 0.5) is 26.3 Å². The second-order valence-corrected chi connectivity index (χ2v) is 5.15. The third-order valence-corrected chi connectivity index (χ3v) is 3.47. The lowest BCUT2D eigenvalue weighted by Crippen LogP contribution is -2.12. The van der Waals surface area contributed by atoms with Crippen molar-refractivity contribution in [2.75, 3.05) is 0 Å². The van der Waals surface area contributed by atoms with E-state index in [1.165, 1.54) is 6.07 Å². The van der Waals surface area contributed by atoms with Gasteiger partial charge in [-0.05, 0) is 34.7 Å². The normalized spacial score (nSPS) is 12.8. The lowest BCUT2D eigenvalue weighted by Gasteiger charge is -2.15. The smallest absolute Gasteiger partial charge is 0.171 e. The minimum absolute atomic E-state index is 0.304. The van der Waals surface area contributed by atoms with E-state index < -0.39 is 25.2 Å². The molecule has 0 saturated carbocycles. The van der Waals surface area contributed by atoms with Gasteiger partial charge in [-0.2, -0.15) is 26.3 Å². The number of halogens is 6. The Morgan fingerprint density at radius 1 is 0.682 bits per heavy atom. The van der Waals surface area contributed by atoms with E-state index in [0.29, 0.717) is 16.5 Å². The molecule has 0 radical (unpaired) electrons. The summed E-state index contributed by atoms with van der Waals surface area (Å²) in [4.78, 5) is 0. The Morgan fingerprint density at radius 2 is 1.27 bits per heavy atom. The zero-order valence-electron chi connectivity index (χ0n) is 11.6. The molecule has 6 heteroatoms. The van der Waals surface area contributed by atoms with Crippen molar-refractivity contribution in [1.82, 2.24) is 0 Å². The van der Waals surface area contributed by atoms with E-state index in [4.69, 9.17) is 0 Å². The van der Waals surface area contributed by atoms with Crippen LogP contribution in [0.2, 0.25) is 0 Å². The summed E-state index contributed by atoms with van der Waals surface area (Å²) in [6, 6.07) is 9.95. The highest BCUT2D eigenvalue weighted by Crippen LogP contribution is 2.30. The van der Waals surface area contributed by atoms with E-state index >= 15 is 0 Å². The summed E-state index contributed by atoms with van der Waals surface area (Å²) < 4.78 is 74.6. The molecule has 0 spiro atoms. The first-order valence-electron chi connectivity index (χ1n) is 6.79. The maximum atomic E-state index is 12.5. The fourth-order valence-corrected chi connectivity index (χ4v) is 2.45. The summed E-state index contributed by atoms with van der Waals surface area (Å²) in [5, 5.41) is 1.32. The average molecular weight is 320 g/mol. The number of hydrogen-bond donors (Lipinski definition) is 0. The Bertz CT molecular complexity index is 639. The van der Waals surface area contributed by atoms with Crippen LogP contribution in [0.25, 0.3) is 10.8 Å². The van der Waals surface area contributed by atoms with E-state index in [9.17, 15) is 26.3 Å². The van der Waals surface area contributed by atoms with Crippen LogP contribution in [-0.2, 0) is 12.8 Å². The van der Waals surface area contributed by atoms with Gasteiger partial charge < -0.3 is 0 Å². The molecule has 0 bridgehead atoms. The van der Waals surface area contributed by atoms with Crippen molar-refractivity contribution in [2.45, 2.75) is 38.0 Å². The molecule has 0 nitrogen and oxygen atoms in total. The molecular formula is C16H14F6. The molecule has 0 fully saturated rings. The lowest BCUT2D eigenvalue weighted by molar-refractivity contribution is -0.135. The minimum atomic E-state index is -4.34. The summed E-state index contributed by atoms with van der Waals surface area (Å²) in [5.74, 6) is 0. The molecule has 0 aliphatic rings. The highest BCUT2D eigenvalue weighted by atomic mass is 19.4. The van der Waals surface area contributed by atoms with Crippen LogP contribution in [0.3, 0.4) is 0 Å². The Balaban J connectivity index is 2.37. The van der Waals surface area contributed by atoms with E-state index in [1.54, 1.807) is 30.3 Å². The minimum Gasteiger partial charge on any atom is -0.171 e. The highest BCUT2D eigenvalue weighted by molar-refractivity contribution is 5.86. The molecule has 0 atom stereocenters. The molecule has 0 amide bonds. The fraction of sp³-hybridized carbons (Fsp3) is 0.375. The van der Waals surface area contributed by atoms with Crippen molar-refractivity contribution >= 4 is 10.8 Å². The molecule has 2 aromatic carbocycles. The van der Waals surface area contributed by atoms with Crippen molar-refractivity contribution in [3.63, 3.8) is 0 Å². The highest BCUT2D eigenvalue weighted by Gasteiger charge is 2.29. The van der Waals surface area contributed by atoms with Crippen molar-refractivity contribution in [2.24, 2.45) is 0 Å². The van der Waals surface area contributed by atoms with Crippen molar-refractivity contribution in [3.8, 4) is 0 Å². The van der Waals surface area contributed by atoms with Crippen molar-refractivity contribution < 1.29 is 26.3 Å². The second kappa shape index (κ2) is 6.18. The first kappa shape index (κ1) is 16.6. The van der Waals surface area contributed by atoms with Gasteiger partial charge in [0.15, 0.2) is 0 Å². The molecule has 0 heterocycles. The summed E-state index contributed by atoms with van der Waals surface area (Å²) in [6.07, 6.45) is -11.4. The molecule has 2 rings (SSSR count). The van der Waals surface area contributed by atoms with Gasteiger partial charge in [-0.1, -0.05) is 36.4 Å². The zero-order chi connectivity index (χ0) is 16.4. The molecule has 0 unspecified atom stereocenters. The number of benzene rings is 2. The monoisotopic (exact) mass is 320 g/mol. The molecular weight excluding hydrogens is 306 g/mol. The lowest BCUT2D eigenvalue weighted by atomic mass is 9.93. The Morgan fingerprint density at radius 3 is 1.91 bits per heavy atom. The topological polar surface area (TPSA) is 0 Å². The summed E-state index contributed by atoms with van der Waals surface area (Å²) >= 11 is 0. The SMILES string of the molecule is FC(F)(F)CCc1ccc2ccccc2c1CCC(F)(F)F. The first-order valence-corrected chi connectivity index (χ1v) is 6.79. The summed E-state index contributed by atoms with van der Waals surface area (Å²) in [6.45, 7) is 0. The van der Waals surface area contributed by atoms with E-state index in [1.807, 2.05) is 0 Å². The van der Waals surface area contributed by atoms with Crippen LogP contribution in [0.1, 0.15) is 24.0 Å². The predicted octanol–water partition coefficient (Wildman–Crippen LogP) is 5.83. The van der Waals surface area contributed by atoms with Crippen molar-refractivity contribution in [3.05, 3.63) is 47.5 Å². The van der Waals surface area contributed by atoms with E-state index in [2.05, 4.69) is 0 Å². The van der Waals surface area contributed by atoms with Crippen LogP contribution < -0.4 is 0 Å². The predicted molar refractivity (Wildman–Crippen MR) is 72.7 cm³/mol. The molecule has 0 aromatic heterocycles. The van der Waals surface area contributed by atoms with Crippen LogP contribution in [0.5, 0.6) is 0 Å². The van der Waals surface area contributed by atoms with Crippen molar-refractivity contribution in [1.29, 1.82) is 0 Å². The van der Waals surface area contributed by atoms with Gasteiger partial charge in [0.1, 0.15) is 0 Å². The largest absolute Gasteiger partial charge is 0.389 e. The Hall–Kier alpha value is -1.72. The molecule has 0 aliphatic carbocycles. The standard InChI is InChI=1S/C16H14F6/c17-15(18,19)9-7-12-6-5-11-3-1-2-4-13(11)14(12)8-10-16(20,21)22/h1-6H,7-10H2. The van der Waals surface area contributed by atoms with Gasteiger partial charge >= 0.3 is 12.4 Å². The Kier molecular flexibility index (Phi) is 4.68. The number of fused-ring (bicyclic) bond motifs is 1. The molecule has 120 valence electrons. The van der Waals surface area contributed by atoms with E-state index in [-0.39, 0.29) is 12.8 Å². The summed E-state index contributed by atoms with van der Waals surface area (Å²) in [5.41, 5.74) is 0.694. The van der Waals surface area contributed by atoms with Gasteiger partial charge in [-0.3, -0.25) is 0 Å². The van der Waals surface area contributed by atoms with Gasteiger partial charge in [0.05, 0.1) is 0 Å². The number of aryl methyl sites for hydroxylation is 2. The zero-order valence-corrected chi connectivity index (χ0v) is 11.6. The Labute approximate surface area is 123 Å². The molecule has 22 heavy (non-hydrogen) atoms. The molecule has 0 saturated heterocycles. The van der Waals surface area contributed by atoms with Gasteiger partial charge in [0.25, 0.3) is 0 Å². The maximum absolute atomic E-state index is 12.5. The number of rotatable bonds is 4. The third-order valence-electron chi connectivity index (χ3n) is 3.47. The maximum Gasteiger partial charge on any atom is 0.389 e. The van der Waals surface area contributed by atoms with Crippen LogP contribution in [-0.4, -0.2) is 12.4 Å². The number of hydrogen-bond acceptors (Lipinski definition) is 0. The van der Waals surface area contributed by atoms with Gasteiger partial charge in [-0.25, -0.2) is 0 Å². The third kappa shape index (κ3) is 4.64. The van der Waals surface area contributed by atoms with Gasteiger partial charge in [-0.15, -0.1) is 0 Å². The van der Waals surface area contributed by atoms with Gasteiger partial charge in [0, 0.05) is 12.8 Å². The fourth-order valence-electron chi connectivity index (χ4n) is 2.45. The van der Waals surface area contributed by atoms with Crippen LogP contribution >= 0.6 is 0 Å². The summed E-state index contributed by atoms with van der Waals surface area (Å²) in [7, 11) is 0. The first-order chi connectivity index (χ1) is 10.2. The van der Waals surface area contributed by atoms with Gasteiger partial charge in [0.2, 0.25) is 0 Å². The van der Waals surface area contributed by atoms with Crippen LogP contribution in [0.15, 0.2) is 36.4 Å².